The number of unbranched alkanes of at least 4 members (excludes halogenated alkanes) is 2. The molecule has 0 bridgehead atoms. The monoisotopic (exact) mass is 404 g/mol. The van der Waals surface area contributed by atoms with Gasteiger partial charge < -0.3 is 19.3 Å². The molecule has 0 saturated carbocycles. The van der Waals surface area contributed by atoms with Gasteiger partial charge in [0.15, 0.2) is 0 Å². The molecule has 1 aliphatic heterocycles. The molecule has 4 atom stereocenters. The quantitative estimate of drug-likeness (QED) is 0.318. The van der Waals surface area contributed by atoms with E-state index in [0.29, 0.717) is 19.4 Å². The van der Waals surface area contributed by atoms with Crippen LogP contribution in [0.5, 0.6) is 0 Å². The molecule has 6 heteroatoms. The summed E-state index contributed by atoms with van der Waals surface area (Å²) in [5.41, 5.74) is 1.10. The second kappa shape index (κ2) is 12.4. The Hall–Kier alpha value is -2.18. The van der Waals surface area contributed by atoms with Gasteiger partial charge in [-0.1, -0.05) is 62.6 Å². The third-order valence-corrected chi connectivity index (χ3v) is 4.99. The summed E-state index contributed by atoms with van der Waals surface area (Å²) >= 11 is 0. The molecule has 29 heavy (non-hydrogen) atoms. The van der Waals surface area contributed by atoms with Gasteiger partial charge in [-0.15, -0.1) is 0 Å². The molecule has 1 unspecified atom stereocenters. The van der Waals surface area contributed by atoms with Gasteiger partial charge in [-0.05, 0) is 18.4 Å². The minimum Gasteiger partial charge on any atom is -0.478 e. The number of hydrogen-bond acceptors (Lipinski definition) is 5. The van der Waals surface area contributed by atoms with Crippen LogP contribution in [0, 0.1) is 0 Å². The van der Waals surface area contributed by atoms with Gasteiger partial charge in [-0.25, -0.2) is 4.79 Å². The van der Waals surface area contributed by atoms with Crippen LogP contribution in [0.4, 0.5) is 0 Å². The zero-order chi connectivity index (χ0) is 21.1. The number of ether oxygens (including phenoxy) is 3. The Morgan fingerprint density at radius 3 is 2.69 bits per heavy atom. The van der Waals surface area contributed by atoms with Crippen LogP contribution in [0.2, 0.25) is 0 Å². The fourth-order valence-electron chi connectivity index (χ4n) is 3.58. The maximum absolute atomic E-state index is 11.5. The van der Waals surface area contributed by atoms with Crippen molar-refractivity contribution in [3.05, 3.63) is 48.0 Å². The van der Waals surface area contributed by atoms with E-state index in [-0.39, 0.29) is 24.3 Å². The minimum atomic E-state index is -1.01. The second-order valence-corrected chi connectivity index (χ2v) is 7.40. The number of carboxylic acids is 1. The number of carbonyl (C=O) groups excluding carboxylic acids is 1. The van der Waals surface area contributed by atoms with Crippen LogP contribution in [-0.2, 0) is 30.4 Å². The van der Waals surface area contributed by atoms with Crippen molar-refractivity contribution in [2.75, 3.05) is 0 Å². The standard InChI is InChI=1S/C23H32O6/c1-3-4-6-12-19(27-16-18-10-7-5-8-11-18)21-15-22(28-17(2)24)20(29-21)13-9-14-23(25)26/h5,7-11,14,19-22H,3-4,6,12-13,15-16H2,1-2H3,(H,25,26)/b14-9+/t19?,20-,21-,22-/m1/s1. The summed E-state index contributed by atoms with van der Waals surface area (Å²) in [4.78, 5) is 22.2. The SMILES string of the molecule is CCCCCC(OCc1ccccc1)[C@H]1C[C@@H](OC(C)=O)[C@@H](C/C=C/C(=O)O)O1. The number of benzene rings is 1. The van der Waals surface area contributed by atoms with Gasteiger partial charge in [0.05, 0.1) is 24.9 Å². The highest BCUT2D eigenvalue weighted by molar-refractivity contribution is 5.79. The summed E-state index contributed by atoms with van der Waals surface area (Å²) in [7, 11) is 0. The molecular formula is C23H32O6. The minimum absolute atomic E-state index is 0.103. The van der Waals surface area contributed by atoms with Crippen LogP contribution in [-0.4, -0.2) is 41.5 Å². The molecule has 1 N–H and O–H groups in total. The lowest BCUT2D eigenvalue weighted by Crippen LogP contribution is -2.29. The molecule has 1 aromatic rings. The molecule has 1 aromatic carbocycles. The van der Waals surface area contributed by atoms with Crippen LogP contribution in [0.25, 0.3) is 0 Å². The van der Waals surface area contributed by atoms with Crippen LogP contribution in [0.1, 0.15) is 57.9 Å². The van der Waals surface area contributed by atoms with E-state index in [1.807, 2.05) is 30.3 Å². The predicted molar refractivity (Wildman–Crippen MR) is 109 cm³/mol. The van der Waals surface area contributed by atoms with Crippen molar-refractivity contribution < 1.29 is 28.9 Å². The van der Waals surface area contributed by atoms with Gasteiger partial charge in [0.25, 0.3) is 0 Å². The Kier molecular flexibility index (Phi) is 9.88. The predicted octanol–water partition coefficient (Wildman–Crippen LogP) is 4.27. The topological polar surface area (TPSA) is 82.1 Å². The maximum atomic E-state index is 11.5. The van der Waals surface area contributed by atoms with Crippen LogP contribution < -0.4 is 0 Å². The molecule has 1 aliphatic rings. The van der Waals surface area contributed by atoms with Crippen molar-refractivity contribution in [2.45, 2.75) is 83.4 Å². The lowest BCUT2D eigenvalue weighted by atomic mass is 10.0. The van der Waals surface area contributed by atoms with Gasteiger partial charge in [-0.3, -0.25) is 4.79 Å². The van der Waals surface area contributed by atoms with Crippen LogP contribution in [0.3, 0.4) is 0 Å². The van der Waals surface area contributed by atoms with Crippen molar-refractivity contribution in [1.82, 2.24) is 0 Å². The van der Waals surface area contributed by atoms with Crippen molar-refractivity contribution >= 4 is 11.9 Å². The molecule has 0 aliphatic carbocycles. The molecule has 1 fully saturated rings. The van der Waals surface area contributed by atoms with Crippen LogP contribution in [0.15, 0.2) is 42.5 Å². The third kappa shape index (κ3) is 8.38. The highest BCUT2D eigenvalue weighted by atomic mass is 16.6. The number of esters is 1. The maximum Gasteiger partial charge on any atom is 0.327 e. The van der Waals surface area contributed by atoms with E-state index in [1.165, 1.54) is 6.92 Å². The molecular weight excluding hydrogens is 372 g/mol. The number of aliphatic carboxylic acids is 1. The lowest BCUT2D eigenvalue weighted by molar-refractivity contribution is -0.149. The van der Waals surface area contributed by atoms with E-state index in [1.54, 1.807) is 6.08 Å². The normalized spacial score (nSPS) is 22.6. The fourth-order valence-corrected chi connectivity index (χ4v) is 3.58. The average molecular weight is 405 g/mol. The van der Waals surface area contributed by atoms with E-state index in [2.05, 4.69) is 6.92 Å². The van der Waals surface area contributed by atoms with Gasteiger partial charge in [0.1, 0.15) is 6.10 Å². The molecule has 2 rings (SSSR count). The van der Waals surface area contributed by atoms with Crippen molar-refractivity contribution in [2.24, 2.45) is 0 Å². The first-order chi connectivity index (χ1) is 14.0. The highest BCUT2D eigenvalue weighted by Crippen LogP contribution is 2.31. The Balaban J connectivity index is 2.04. The number of carbonyl (C=O) groups is 2. The summed E-state index contributed by atoms with van der Waals surface area (Å²) < 4.78 is 17.9. The third-order valence-electron chi connectivity index (χ3n) is 4.99. The molecule has 0 spiro atoms. The largest absolute Gasteiger partial charge is 0.478 e. The van der Waals surface area contributed by atoms with E-state index < -0.39 is 12.1 Å². The Bertz CT molecular complexity index is 657. The summed E-state index contributed by atoms with van der Waals surface area (Å²) in [6.45, 7) is 4.04. The molecule has 6 nitrogen and oxygen atoms in total. The van der Waals surface area contributed by atoms with Crippen molar-refractivity contribution in [1.29, 1.82) is 0 Å². The zero-order valence-corrected chi connectivity index (χ0v) is 17.3. The molecule has 0 aromatic heterocycles. The van der Waals surface area contributed by atoms with Gasteiger partial charge in [0, 0.05) is 19.4 Å². The second-order valence-electron chi connectivity index (χ2n) is 7.40. The van der Waals surface area contributed by atoms with E-state index in [0.717, 1.165) is 37.3 Å². The van der Waals surface area contributed by atoms with Gasteiger partial charge >= 0.3 is 11.9 Å². The number of carboxylic acid groups (broad SMARTS) is 1. The summed E-state index contributed by atoms with van der Waals surface area (Å²) in [6, 6.07) is 10.00. The summed E-state index contributed by atoms with van der Waals surface area (Å²) in [5, 5.41) is 8.80. The highest BCUT2D eigenvalue weighted by Gasteiger charge is 2.40. The van der Waals surface area contributed by atoms with E-state index in [9.17, 15) is 9.59 Å². The lowest BCUT2D eigenvalue weighted by Gasteiger charge is -2.24. The Morgan fingerprint density at radius 1 is 1.28 bits per heavy atom. The molecule has 0 radical (unpaired) electrons. The summed E-state index contributed by atoms with van der Waals surface area (Å²) in [6.07, 6.45) is 6.65. The smallest absolute Gasteiger partial charge is 0.327 e. The summed E-state index contributed by atoms with van der Waals surface area (Å²) in [5.74, 6) is -1.37. The average Bonchev–Trinajstić information content (AvgIpc) is 3.07. The zero-order valence-electron chi connectivity index (χ0n) is 17.3. The Morgan fingerprint density at radius 2 is 2.03 bits per heavy atom. The van der Waals surface area contributed by atoms with Crippen LogP contribution >= 0.6 is 0 Å². The fraction of sp³-hybridized carbons (Fsp3) is 0.565. The molecule has 0 amide bonds. The van der Waals surface area contributed by atoms with E-state index in [4.69, 9.17) is 19.3 Å². The van der Waals surface area contributed by atoms with Crippen molar-refractivity contribution in [3.63, 3.8) is 0 Å². The number of rotatable bonds is 12. The first kappa shape index (κ1) is 23.1. The first-order valence-electron chi connectivity index (χ1n) is 10.4. The van der Waals surface area contributed by atoms with E-state index >= 15 is 0 Å². The van der Waals surface area contributed by atoms with Crippen molar-refractivity contribution in [3.8, 4) is 0 Å². The molecule has 1 heterocycles. The molecule has 160 valence electrons. The number of hydrogen-bond donors (Lipinski definition) is 1. The van der Waals surface area contributed by atoms with Gasteiger partial charge in [0.2, 0.25) is 0 Å². The molecule has 1 saturated heterocycles. The van der Waals surface area contributed by atoms with Gasteiger partial charge in [-0.2, -0.15) is 0 Å². The Labute approximate surface area is 172 Å². The first-order valence-corrected chi connectivity index (χ1v) is 10.4.